The third-order valence-electron chi connectivity index (χ3n) is 2.21. The van der Waals surface area contributed by atoms with Crippen LogP contribution in [0.1, 0.15) is 25.0 Å². The molecule has 0 unspecified atom stereocenters. The van der Waals surface area contributed by atoms with Gasteiger partial charge >= 0.3 is 5.97 Å². The highest BCUT2D eigenvalue weighted by atomic mass is 32.1. The predicted molar refractivity (Wildman–Crippen MR) is 70.6 cm³/mol. The molecular weight excluding hydrogens is 266 g/mol. The molecule has 0 aliphatic heterocycles. The van der Waals surface area contributed by atoms with E-state index in [9.17, 15) is 9.59 Å². The Hall–Kier alpha value is -2.41. The Labute approximate surface area is 113 Å². The van der Waals surface area contributed by atoms with Gasteiger partial charge in [0, 0.05) is 11.3 Å². The van der Waals surface area contributed by atoms with Gasteiger partial charge in [-0.2, -0.15) is 5.48 Å². The van der Waals surface area contributed by atoms with Gasteiger partial charge in [-0.25, -0.2) is 9.78 Å². The van der Waals surface area contributed by atoms with Crippen molar-refractivity contribution in [2.24, 2.45) is 0 Å². The topological polar surface area (TPSA) is 94.3 Å². The maximum atomic E-state index is 11.7. The Kier molecular flexibility index (Phi) is 3.76. The molecule has 0 radical (unpaired) electrons. The zero-order valence-electron chi connectivity index (χ0n) is 10.0. The van der Waals surface area contributed by atoms with Crippen LogP contribution in [0.4, 0.5) is 5.69 Å². The highest BCUT2D eigenvalue weighted by molar-refractivity contribution is 7.13. The van der Waals surface area contributed by atoms with E-state index in [0.29, 0.717) is 16.1 Å². The van der Waals surface area contributed by atoms with E-state index in [1.807, 2.05) is 0 Å². The highest BCUT2D eigenvalue weighted by Crippen LogP contribution is 2.12. The first kappa shape index (κ1) is 13.0. The molecule has 19 heavy (non-hydrogen) atoms. The second-order valence-corrected chi connectivity index (χ2v) is 4.92. The number of rotatable bonds is 2. The minimum atomic E-state index is -0.650. The largest absolute Gasteiger partial charge is 0.399 e. The molecule has 7 heteroatoms. The van der Waals surface area contributed by atoms with Gasteiger partial charge < -0.3 is 10.6 Å². The summed E-state index contributed by atoms with van der Waals surface area (Å²) in [6.07, 6.45) is 1.40. The fourth-order valence-electron chi connectivity index (χ4n) is 1.34. The maximum absolute atomic E-state index is 11.7. The Balaban J connectivity index is 1.95. The normalized spacial score (nSPS) is 9.95. The molecule has 0 atom stereocenters. The number of nitrogens with one attached hydrogen (secondary N) is 1. The van der Waals surface area contributed by atoms with Gasteiger partial charge in [0.2, 0.25) is 0 Å². The fraction of sp³-hybridized carbons (Fsp3) is 0.0833. The molecule has 1 amide bonds. The third kappa shape index (κ3) is 3.29. The number of hydrogen-bond acceptors (Lipinski definition) is 6. The van der Waals surface area contributed by atoms with Crippen LogP contribution in [0.3, 0.4) is 0 Å². The monoisotopic (exact) mass is 277 g/mol. The molecule has 2 aromatic rings. The van der Waals surface area contributed by atoms with E-state index < -0.39 is 11.9 Å². The number of carbonyl (C=O) groups excluding carboxylic acids is 2. The molecule has 0 aliphatic carbocycles. The molecule has 2 rings (SSSR count). The predicted octanol–water partition coefficient (Wildman–Crippen LogP) is 1.54. The number of thiazole rings is 1. The molecule has 98 valence electrons. The number of anilines is 1. The second kappa shape index (κ2) is 5.49. The summed E-state index contributed by atoms with van der Waals surface area (Å²) in [6, 6.07) is 6.35. The quantitative estimate of drug-likeness (QED) is 0.641. The number of nitrogen functional groups attached to an aromatic ring is 1. The standard InChI is InChI=1S/C12H11N3O3S/c1-7-14-6-10(19-7)12(17)18-15-11(16)8-3-2-4-9(13)5-8/h2-6H,13H2,1H3,(H,15,16). The van der Waals surface area contributed by atoms with Gasteiger partial charge in [0.1, 0.15) is 4.88 Å². The zero-order chi connectivity index (χ0) is 13.8. The van der Waals surface area contributed by atoms with E-state index in [2.05, 4.69) is 15.3 Å². The van der Waals surface area contributed by atoms with E-state index in [1.165, 1.54) is 23.6 Å². The van der Waals surface area contributed by atoms with E-state index in [-0.39, 0.29) is 0 Å². The summed E-state index contributed by atoms with van der Waals surface area (Å²) in [5.74, 6) is -1.19. The highest BCUT2D eigenvalue weighted by Gasteiger charge is 2.13. The minimum absolute atomic E-state index is 0.313. The SMILES string of the molecule is Cc1ncc(C(=O)ONC(=O)c2cccc(N)c2)s1. The van der Waals surface area contributed by atoms with Crippen molar-refractivity contribution < 1.29 is 14.4 Å². The van der Waals surface area contributed by atoms with Gasteiger partial charge in [-0.3, -0.25) is 4.79 Å². The van der Waals surface area contributed by atoms with Crippen molar-refractivity contribution in [2.75, 3.05) is 5.73 Å². The van der Waals surface area contributed by atoms with Crippen LogP contribution in [0.2, 0.25) is 0 Å². The van der Waals surface area contributed by atoms with Gasteiger partial charge in [0.25, 0.3) is 5.91 Å². The number of hydrogen-bond donors (Lipinski definition) is 2. The van der Waals surface area contributed by atoms with Crippen molar-refractivity contribution >= 4 is 28.9 Å². The lowest BCUT2D eigenvalue weighted by atomic mass is 10.2. The Morgan fingerprint density at radius 2 is 2.21 bits per heavy atom. The molecule has 0 bridgehead atoms. The van der Waals surface area contributed by atoms with Crippen LogP contribution in [-0.2, 0) is 4.84 Å². The summed E-state index contributed by atoms with van der Waals surface area (Å²) in [5, 5.41) is 0.745. The average molecular weight is 277 g/mol. The first-order valence-corrected chi connectivity index (χ1v) is 6.17. The smallest absolute Gasteiger partial charge is 0.374 e. The number of amides is 1. The molecule has 1 aromatic heterocycles. The first-order valence-electron chi connectivity index (χ1n) is 5.36. The van der Waals surface area contributed by atoms with Crippen LogP contribution in [0.5, 0.6) is 0 Å². The Bertz CT molecular complexity index is 624. The number of benzene rings is 1. The summed E-state index contributed by atoms with van der Waals surface area (Å²) in [5.41, 5.74) is 8.39. The van der Waals surface area contributed by atoms with Gasteiger partial charge in [-0.05, 0) is 25.1 Å². The van der Waals surface area contributed by atoms with Gasteiger partial charge in [-0.15, -0.1) is 11.3 Å². The molecule has 1 heterocycles. The van der Waals surface area contributed by atoms with E-state index in [4.69, 9.17) is 5.73 Å². The van der Waals surface area contributed by atoms with Crippen molar-refractivity contribution in [3.8, 4) is 0 Å². The molecule has 0 saturated carbocycles. The number of hydroxylamine groups is 1. The molecule has 0 saturated heterocycles. The zero-order valence-corrected chi connectivity index (χ0v) is 10.9. The third-order valence-corrected chi connectivity index (χ3v) is 3.10. The van der Waals surface area contributed by atoms with Crippen molar-refractivity contribution in [3.63, 3.8) is 0 Å². The fourth-order valence-corrected chi connectivity index (χ4v) is 1.99. The van der Waals surface area contributed by atoms with Gasteiger partial charge in [-0.1, -0.05) is 6.07 Å². The number of carbonyl (C=O) groups is 2. The van der Waals surface area contributed by atoms with Crippen LogP contribution < -0.4 is 11.2 Å². The lowest BCUT2D eigenvalue weighted by Gasteiger charge is -2.04. The summed E-state index contributed by atoms with van der Waals surface area (Å²) < 4.78 is 0. The molecule has 3 N–H and O–H groups in total. The average Bonchev–Trinajstić information content (AvgIpc) is 2.82. The molecule has 0 fully saturated rings. The summed E-state index contributed by atoms with van der Waals surface area (Å²) in [7, 11) is 0. The summed E-state index contributed by atoms with van der Waals surface area (Å²) in [6.45, 7) is 1.77. The van der Waals surface area contributed by atoms with Crippen LogP contribution >= 0.6 is 11.3 Å². The second-order valence-electron chi connectivity index (χ2n) is 3.69. The van der Waals surface area contributed by atoms with Crippen LogP contribution in [0, 0.1) is 6.92 Å². The lowest BCUT2D eigenvalue weighted by Crippen LogP contribution is -2.26. The number of nitrogens with two attached hydrogens (primary N) is 1. The lowest BCUT2D eigenvalue weighted by molar-refractivity contribution is 0.0235. The summed E-state index contributed by atoms with van der Waals surface area (Å²) >= 11 is 1.19. The van der Waals surface area contributed by atoms with Crippen molar-refractivity contribution in [2.45, 2.75) is 6.92 Å². The molecule has 1 aromatic carbocycles. The van der Waals surface area contributed by atoms with Crippen molar-refractivity contribution in [1.29, 1.82) is 0 Å². The molecule has 6 nitrogen and oxygen atoms in total. The van der Waals surface area contributed by atoms with Crippen LogP contribution in [0.15, 0.2) is 30.5 Å². The first-order chi connectivity index (χ1) is 9.06. The summed E-state index contributed by atoms with van der Waals surface area (Å²) in [4.78, 5) is 32.2. The van der Waals surface area contributed by atoms with E-state index in [1.54, 1.807) is 25.1 Å². The molecular formula is C12H11N3O3S. The van der Waals surface area contributed by atoms with E-state index in [0.717, 1.165) is 5.01 Å². The van der Waals surface area contributed by atoms with Crippen molar-refractivity contribution in [1.82, 2.24) is 10.5 Å². The minimum Gasteiger partial charge on any atom is -0.399 e. The van der Waals surface area contributed by atoms with Crippen molar-refractivity contribution in [3.05, 3.63) is 45.9 Å². The Morgan fingerprint density at radius 1 is 1.42 bits per heavy atom. The number of aryl methyl sites for hydroxylation is 1. The number of nitrogens with zero attached hydrogens (tertiary/aromatic N) is 1. The van der Waals surface area contributed by atoms with Gasteiger partial charge in [0.15, 0.2) is 0 Å². The van der Waals surface area contributed by atoms with Crippen LogP contribution in [-0.4, -0.2) is 16.9 Å². The number of aromatic nitrogens is 1. The maximum Gasteiger partial charge on any atom is 0.374 e. The molecule has 0 aliphatic rings. The van der Waals surface area contributed by atoms with E-state index >= 15 is 0 Å². The van der Waals surface area contributed by atoms with Gasteiger partial charge in [0.05, 0.1) is 11.2 Å². The van der Waals surface area contributed by atoms with Crippen LogP contribution in [0.25, 0.3) is 0 Å². The molecule has 0 spiro atoms. The Morgan fingerprint density at radius 3 is 2.84 bits per heavy atom.